The molecule has 0 saturated carbocycles. The molecule has 0 aromatic carbocycles. The van der Waals surface area contributed by atoms with E-state index in [1.165, 1.54) is 321 Å². The van der Waals surface area contributed by atoms with E-state index in [9.17, 15) is 19.8 Å². The first-order chi connectivity index (χ1) is 36.5. The Hall–Kier alpha value is -1.40. The Labute approximate surface area is 463 Å². The summed E-state index contributed by atoms with van der Waals surface area (Å²) in [6, 6.07) is -0.622. The Morgan fingerprint density at radius 2 is 0.622 bits per heavy atom. The zero-order valence-electron chi connectivity index (χ0n) is 50.4. The van der Waals surface area contributed by atoms with Gasteiger partial charge < -0.3 is 20.3 Å². The normalized spacial score (nSPS) is 12.5. The van der Waals surface area contributed by atoms with Gasteiger partial charge in [-0.2, -0.15) is 0 Å². The molecular weight excluding hydrogens is 911 g/mol. The molecule has 0 spiro atoms. The molecule has 0 aromatic rings. The van der Waals surface area contributed by atoms with Crippen LogP contribution in [0.4, 0.5) is 0 Å². The third-order valence-electron chi connectivity index (χ3n) is 16.1. The summed E-state index contributed by atoms with van der Waals surface area (Å²) < 4.78 is 5.49. The topological polar surface area (TPSA) is 95.9 Å². The zero-order chi connectivity index (χ0) is 53.6. The number of hydrogen-bond donors (Lipinski definition) is 3. The monoisotopic (exact) mass is 1040 g/mol. The van der Waals surface area contributed by atoms with E-state index in [0.717, 1.165) is 38.5 Å². The van der Waals surface area contributed by atoms with Crippen molar-refractivity contribution in [3.63, 3.8) is 0 Å². The molecular formula is C68H133NO5. The Morgan fingerprint density at radius 1 is 0.365 bits per heavy atom. The second kappa shape index (κ2) is 64.1. The van der Waals surface area contributed by atoms with Crippen LogP contribution in [-0.4, -0.2) is 47.4 Å². The highest BCUT2D eigenvalue weighted by Crippen LogP contribution is 2.19. The highest BCUT2D eigenvalue weighted by atomic mass is 16.5. The molecule has 0 aliphatic heterocycles. The lowest BCUT2D eigenvalue weighted by Crippen LogP contribution is -2.45. The minimum Gasteiger partial charge on any atom is -0.466 e. The van der Waals surface area contributed by atoms with Gasteiger partial charge in [0.05, 0.1) is 25.4 Å². The van der Waals surface area contributed by atoms with Gasteiger partial charge in [0.15, 0.2) is 0 Å². The van der Waals surface area contributed by atoms with E-state index < -0.39 is 12.1 Å². The molecule has 0 aromatic heterocycles. The van der Waals surface area contributed by atoms with Crippen molar-refractivity contribution in [1.82, 2.24) is 5.32 Å². The van der Waals surface area contributed by atoms with Crippen LogP contribution >= 0.6 is 0 Å². The van der Waals surface area contributed by atoms with E-state index in [-0.39, 0.29) is 18.5 Å². The first-order valence-corrected chi connectivity index (χ1v) is 34.0. The standard InChI is InChI=1S/C68H133NO5/c1-3-5-7-9-11-13-15-37-42-46-50-54-58-62-68(73)74-63-59-55-51-47-43-39-36-34-32-30-28-26-24-22-20-18-17-19-21-23-25-27-29-31-33-35-38-41-45-49-53-57-61-67(72)69-65(64-70)66(71)60-56-52-48-44-40-16-14-12-10-8-6-4-2/h56,60,65-66,70-71H,3-55,57-59,61-64H2,1-2H3,(H,69,72)/b60-56+. The molecule has 440 valence electrons. The van der Waals surface area contributed by atoms with Crippen molar-refractivity contribution in [3.05, 3.63) is 12.2 Å². The minimum atomic E-state index is -0.839. The maximum absolute atomic E-state index is 12.4. The molecule has 2 atom stereocenters. The van der Waals surface area contributed by atoms with Crippen LogP contribution in [0.3, 0.4) is 0 Å². The average Bonchev–Trinajstić information content (AvgIpc) is 3.40. The van der Waals surface area contributed by atoms with Crippen LogP contribution in [-0.2, 0) is 14.3 Å². The average molecular weight is 1040 g/mol. The van der Waals surface area contributed by atoms with Crippen molar-refractivity contribution < 1.29 is 24.5 Å². The number of unbranched alkanes of at least 4 members (excludes halogenated alkanes) is 53. The molecule has 2 unspecified atom stereocenters. The van der Waals surface area contributed by atoms with Gasteiger partial charge in [-0.05, 0) is 32.1 Å². The van der Waals surface area contributed by atoms with Crippen molar-refractivity contribution in [2.75, 3.05) is 13.2 Å². The number of amides is 1. The van der Waals surface area contributed by atoms with E-state index in [0.29, 0.717) is 19.4 Å². The van der Waals surface area contributed by atoms with Crippen LogP contribution in [0.2, 0.25) is 0 Å². The van der Waals surface area contributed by atoms with Gasteiger partial charge in [-0.15, -0.1) is 0 Å². The summed E-state index contributed by atoms with van der Waals surface area (Å²) in [5, 5.41) is 23.1. The Morgan fingerprint density at radius 3 is 0.919 bits per heavy atom. The summed E-state index contributed by atoms with van der Waals surface area (Å²) in [6.45, 7) is 4.93. The van der Waals surface area contributed by atoms with Gasteiger partial charge >= 0.3 is 5.97 Å². The lowest BCUT2D eigenvalue weighted by atomic mass is 10.0. The van der Waals surface area contributed by atoms with Crippen molar-refractivity contribution in [2.45, 2.75) is 398 Å². The molecule has 1 amide bonds. The molecule has 0 aliphatic rings. The summed E-state index contributed by atoms with van der Waals surface area (Å²) in [7, 11) is 0. The van der Waals surface area contributed by atoms with Crippen molar-refractivity contribution >= 4 is 11.9 Å². The van der Waals surface area contributed by atoms with E-state index in [1.807, 2.05) is 6.08 Å². The number of nitrogens with one attached hydrogen (secondary N) is 1. The third-order valence-corrected chi connectivity index (χ3v) is 16.1. The zero-order valence-corrected chi connectivity index (χ0v) is 50.4. The van der Waals surface area contributed by atoms with E-state index >= 15 is 0 Å². The third kappa shape index (κ3) is 59.8. The maximum Gasteiger partial charge on any atom is 0.305 e. The Kier molecular flexibility index (Phi) is 62.9. The molecule has 0 heterocycles. The number of carbonyl (C=O) groups excluding carboxylic acids is 2. The van der Waals surface area contributed by atoms with Gasteiger partial charge in [-0.25, -0.2) is 0 Å². The number of carbonyl (C=O) groups is 2. The second-order valence-corrected chi connectivity index (χ2v) is 23.5. The minimum absolute atomic E-state index is 0.0231. The first kappa shape index (κ1) is 72.6. The molecule has 6 heteroatoms. The van der Waals surface area contributed by atoms with E-state index in [4.69, 9.17) is 4.74 Å². The molecule has 0 radical (unpaired) electrons. The van der Waals surface area contributed by atoms with E-state index in [2.05, 4.69) is 19.2 Å². The highest BCUT2D eigenvalue weighted by molar-refractivity contribution is 5.76. The summed E-state index contributed by atoms with van der Waals surface area (Å²) in [4.78, 5) is 24.5. The number of rotatable bonds is 64. The number of aliphatic hydroxyl groups is 2. The second-order valence-electron chi connectivity index (χ2n) is 23.5. The largest absolute Gasteiger partial charge is 0.466 e. The van der Waals surface area contributed by atoms with Crippen LogP contribution in [0.25, 0.3) is 0 Å². The molecule has 0 aliphatic carbocycles. The number of hydrogen-bond acceptors (Lipinski definition) is 5. The van der Waals surface area contributed by atoms with Crippen LogP contribution in [0.15, 0.2) is 12.2 Å². The van der Waals surface area contributed by atoms with Crippen molar-refractivity contribution in [3.8, 4) is 0 Å². The fraction of sp³-hybridized carbons (Fsp3) is 0.941. The van der Waals surface area contributed by atoms with Crippen LogP contribution in [0.1, 0.15) is 386 Å². The predicted octanol–water partition coefficient (Wildman–Crippen LogP) is 21.6. The van der Waals surface area contributed by atoms with Gasteiger partial charge in [-0.3, -0.25) is 9.59 Å². The van der Waals surface area contributed by atoms with E-state index in [1.54, 1.807) is 6.08 Å². The number of aliphatic hydroxyl groups excluding tert-OH is 2. The van der Waals surface area contributed by atoms with Gasteiger partial charge in [-0.1, -0.05) is 353 Å². The van der Waals surface area contributed by atoms with Crippen LogP contribution < -0.4 is 5.32 Å². The Bertz CT molecular complexity index is 1110. The number of allylic oxidation sites excluding steroid dienone is 1. The fourth-order valence-corrected chi connectivity index (χ4v) is 10.9. The quantitative estimate of drug-likeness (QED) is 0.0320. The number of ether oxygens (including phenoxy) is 1. The predicted molar refractivity (Wildman–Crippen MR) is 324 cm³/mol. The molecule has 6 nitrogen and oxygen atoms in total. The van der Waals surface area contributed by atoms with Crippen molar-refractivity contribution in [2.24, 2.45) is 0 Å². The smallest absolute Gasteiger partial charge is 0.305 e. The van der Waals surface area contributed by atoms with Crippen molar-refractivity contribution in [1.29, 1.82) is 0 Å². The van der Waals surface area contributed by atoms with Gasteiger partial charge in [0.1, 0.15) is 0 Å². The maximum atomic E-state index is 12.4. The highest BCUT2D eigenvalue weighted by Gasteiger charge is 2.18. The summed E-state index contributed by atoms with van der Waals surface area (Å²) >= 11 is 0. The summed E-state index contributed by atoms with van der Waals surface area (Å²) in [5.74, 6) is -0.0391. The lowest BCUT2D eigenvalue weighted by molar-refractivity contribution is -0.143. The molecule has 3 N–H and O–H groups in total. The fourth-order valence-electron chi connectivity index (χ4n) is 10.9. The first-order valence-electron chi connectivity index (χ1n) is 34.0. The van der Waals surface area contributed by atoms with Gasteiger partial charge in [0, 0.05) is 12.8 Å². The summed E-state index contributed by atoms with van der Waals surface area (Å²) in [6.07, 6.45) is 78.7. The molecule has 0 fully saturated rings. The molecule has 74 heavy (non-hydrogen) atoms. The SMILES string of the molecule is CCCCCCCCCCCC/C=C/C(O)C(CO)NC(=O)CCCCCCCCCCCCCCCCCCCCCCCCCCCCCCCCCCOC(=O)CCCCCCCCCCCCCCC. The van der Waals surface area contributed by atoms with Crippen LogP contribution in [0, 0.1) is 0 Å². The van der Waals surface area contributed by atoms with Crippen LogP contribution in [0.5, 0.6) is 0 Å². The molecule has 0 saturated heterocycles. The van der Waals surface area contributed by atoms with Gasteiger partial charge in [0.25, 0.3) is 0 Å². The molecule has 0 rings (SSSR count). The Balaban J connectivity index is 3.31. The molecule has 0 bridgehead atoms. The van der Waals surface area contributed by atoms with Gasteiger partial charge in [0.2, 0.25) is 5.91 Å². The lowest BCUT2D eigenvalue weighted by Gasteiger charge is -2.20. The summed E-state index contributed by atoms with van der Waals surface area (Å²) in [5.41, 5.74) is 0. The number of esters is 1.